The van der Waals surface area contributed by atoms with Gasteiger partial charge in [0, 0.05) is 19.2 Å². The van der Waals surface area contributed by atoms with E-state index in [9.17, 15) is 9.59 Å². The van der Waals surface area contributed by atoms with Crippen LogP contribution in [0.2, 0.25) is 0 Å². The normalized spacial score (nSPS) is 24.0. The Hall–Kier alpha value is -3.09. The van der Waals surface area contributed by atoms with Crippen molar-refractivity contribution in [2.75, 3.05) is 19.0 Å². The molecule has 0 aliphatic heterocycles. The number of aromatic nitrogens is 2. The Bertz CT molecular complexity index is 1040. The van der Waals surface area contributed by atoms with E-state index in [0.29, 0.717) is 35.8 Å². The molecule has 2 saturated carbocycles. The summed E-state index contributed by atoms with van der Waals surface area (Å²) in [6.07, 6.45) is 12.9. The van der Waals surface area contributed by atoms with Gasteiger partial charge < -0.3 is 15.4 Å². The van der Waals surface area contributed by atoms with Crippen molar-refractivity contribution in [3.05, 3.63) is 54.4 Å². The lowest BCUT2D eigenvalue weighted by Crippen LogP contribution is -2.34. The first kappa shape index (κ1) is 20.8. The minimum Gasteiger partial charge on any atom is -0.496 e. The van der Waals surface area contributed by atoms with Gasteiger partial charge in [-0.3, -0.25) is 14.3 Å². The molecule has 1 aromatic heterocycles. The van der Waals surface area contributed by atoms with E-state index in [4.69, 9.17) is 4.74 Å². The van der Waals surface area contributed by atoms with Crippen LogP contribution in [0.15, 0.2) is 48.8 Å². The van der Waals surface area contributed by atoms with Gasteiger partial charge in [-0.2, -0.15) is 5.10 Å². The molecule has 3 aliphatic rings. The van der Waals surface area contributed by atoms with Gasteiger partial charge in [-0.1, -0.05) is 30.4 Å². The molecule has 0 saturated heterocycles. The van der Waals surface area contributed by atoms with Crippen LogP contribution in [0, 0.1) is 23.2 Å². The van der Waals surface area contributed by atoms with Gasteiger partial charge in [-0.05, 0) is 60.5 Å². The number of nitrogens with one attached hydrogen (secondary N) is 2. The Balaban J connectivity index is 1.06. The Labute approximate surface area is 188 Å². The number of carbonyl (C=O) groups excluding carboxylic acids is 2. The van der Waals surface area contributed by atoms with Gasteiger partial charge in [-0.25, -0.2) is 0 Å². The smallest absolute Gasteiger partial charge is 0.241 e. The summed E-state index contributed by atoms with van der Waals surface area (Å²) >= 11 is 0. The van der Waals surface area contributed by atoms with E-state index in [-0.39, 0.29) is 18.4 Å². The number of carbonyl (C=O) groups is 2. The van der Waals surface area contributed by atoms with Gasteiger partial charge in [0.05, 0.1) is 19.0 Å². The van der Waals surface area contributed by atoms with Crippen LogP contribution in [0.25, 0.3) is 0 Å². The Morgan fingerprint density at radius 3 is 2.84 bits per heavy atom. The van der Waals surface area contributed by atoms with E-state index in [1.807, 2.05) is 24.3 Å². The number of rotatable bonds is 9. The van der Waals surface area contributed by atoms with Crippen molar-refractivity contribution in [1.82, 2.24) is 15.1 Å². The Kier molecular flexibility index (Phi) is 5.49. The standard InChI is InChI=1S/C25H30N4O3/c1-32-22-5-3-2-4-17(22)6-9-23(30)28-20-14-27-29(15-20)16-24(31)26-13-18-12-19-7-8-21(18)25(19)10-11-25/h2-5,7-8,14-15,18-19,21H,6,9-13,16H2,1H3,(H,26,31)(H,28,30)/t18-,19-,21-/m0/s1. The maximum atomic E-state index is 12.4. The minimum atomic E-state index is -0.0988. The van der Waals surface area contributed by atoms with Crippen molar-refractivity contribution in [1.29, 1.82) is 0 Å². The van der Waals surface area contributed by atoms with Gasteiger partial charge in [-0.15, -0.1) is 0 Å². The second-order valence-electron chi connectivity index (χ2n) is 9.34. The molecule has 1 heterocycles. The second-order valence-corrected chi connectivity index (χ2v) is 9.34. The number of allylic oxidation sites excluding steroid dienone is 2. The number of para-hydroxylation sites is 1. The number of ether oxygens (including phenoxy) is 1. The van der Waals surface area contributed by atoms with E-state index >= 15 is 0 Å². The van der Waals surface area contributed by atoms with Crippen molar-refractivity contribution in [3.8, 4) is 5.75 Å². The molecule has 168 valence electrons. The minimum absolute atomic E-state index is 0.0428. The summed E-state index contributed by atoms with van der Waals surface area (Å²) in [6, 6.07) is 7.69. The van der Waals surface area contributed by atoms with E-state index in [1.165, 1.54) is 19.3 Å². The zero-order chi connectivity index (χ0) is 22.1. The van der Waals surface area contributed by atoms with Crippen LogP contribution in [-0.4, -0.2) is 35.2 Å². The number of aryl methyl sites for hydroxylation is 1. The summed E-state index contributed by atoms with van der Waals surface area (Å²) in [5, 5.41) is 10.2. The number of benzene rings is 1. The molecule has 0 radical (unpaired) electrons. The van der Waals surface area contributed by atoms with Gasteiger partial charge in [0.25, 0.3) is 0 Å². The lowest BCUT2D eigenvalue weighted by Gasteiger charge is -2.20. The topological polar surface area (TPSA) is 85.2 Å². The average molecular weight is 435 g/mol. The lowest BCUT2D eigenvalue weighted by atomic mass is 9.89. The van der Waals surface area contributed by atoms with Crippen LogP contribution >= 0.6 is 0 Å². The first-order valence-electron chi connectivity index (χ1n) is 11.5. The summed E-state index contributed by atoms with van der Waals surface area (Å²) in [5.41, 5.74) is 2.14. The Morgan fingerprint density at radius 1 is 1.22 bits per heavy atom. The molecule has 32 heavy (non-hydrogen) atoms. The van der Waals surface area contributed by atoms with Gasteiger partial charge in [0.2, 0.25) is 11.8 Å². The van der Waals surface area contributed by atoms with Crippen molar-refractivity contribution >= 4 is 17.5 Å². The fourth-order valence-corrected chi connectivity index (χ4v) is 5.70. The molecule has 3 atom stereocenters. The second kappa shape index (κ2) is 8.45. The maximum absolute atomic E-state index is 12.4. The molecule has 0 unspecified atom stereocenters. The molecule has 2 fully saturated rings. The van der Waals surface area contributed by atoms with Crippen LogP contribution in [-0.2, 0) is 22.6 Å². The molecule has 2 aromatic rings. The number of methoxy groups -OCH3 is 1. The van der Waals surface area contributed by atoms with Crippen LogP contribution in [0.5, 0.6) is 5.75 Å². The van der Waals surface area contributed by atoms with Crippen molar-refractivity contribution in [2.45, 2.75) is 38.6 Å². The average Bonchev–Trinajstić information content (AvgIpc) is 3.27. The number of nitrogens with zero attached hydrogens (tertiary/aromatic N) is 2. The largest absolute Gasteiger partial charge is 0.496 e. The summed E-state index contributed by atoms with van der Waals surface area (Å²) in [7, 11) is 1.63. The van der Waals surface area contributed by atoms with Crippen molar-refractivity contribution in [3.63, 3.8) is 0 Å². The maximum Gasteiger partial charge on any atom is 0.241 e. The number of anilines is 1. The highest BCUT2D eigenvalue weighted by molar-refractivity contribution is 5.90. The predicted octanol–water partition coefficient (Wildman–Crippen LogP) is 3.18. The number of amides is 2. The van der Waals surface area contributed by atoms with Gasteiger partial charge in [0.15, 0.2) is 0 Å². The zero-order valence-corrected chi connectivity index (χ0v) is 18.4. The van der Waals surface area contributed by atoms with Crippen molar-refractivity contribution < 1.29 is 14.3 Å². The van der Waals surface area contributed by atoms with Crippen LogP contribution in [0.1, 0.15) is 31.2 Å². The summed E-state index contributed by atoms with van der Waals surface area (Å²) in [4.78, 5) is 24.7. The first-order valence-corrected chi connectivity index (χ1v) is 11.5. The van der Waals surface area contributed by atoms with E-state index < -0.39 is 0 Å². The molecule has 5 rings (SSSR count). The van der Waals surface area contributed by atoms with Crippen LogP contribution < -0.4 is 15.4 Å². The van der Waals surface area contributed by atoms with Crippen LogP contribution in [0.3, 0.4) is 0 Å². The quantitative estimate of drug-likeness (QED) is 0.594. The summed E-state index contributed by atoms with van der Waals surface area (Å²) < 4.78 is 6.89. The predicted molar refractivity (Wildman–Crippen MR) is 121 cm³/mol. The third-order valence-corrected chi connectivity index (χ3v) is 7.44. The molecule has 1 spiro atoms. The number of hydrogen-bond donors (Lipinski definition) is 2. The summed E-state index contributed by atoms with van der Waals surface area (Å²) in [5.74, 6) is 2.59. The van der Waals surface area contributed by atoms with Gasteiger partial charge in [0.1, 0.15) is 12.3 Å². The number of hydrogen-bond acceptors (Lipinski definition) is 4. The van der Waals surface area contributed by atoms with Crippen LogP contribution in [0.4, 0.5) is 5.69 Å². The third-order valence-electron chi connectivity index (χ3n) is 7.44. The summed E-state index contributed by atoms with van der Waals surface area (Å²) in [6.45, 7) is 0.888. The van der Waals surface area contributed by atoms with Gasteiger partial charge >= 0.3 is 0 Å². The zero-order valence-electron chi connectivity index (χ0n) is 18.4. The molecule has 2 bridgehead atoms. The third kappa shape index (κ3) is 4.04. The van der Waals surface area contributed by atoms with E-state index in [0.717, 1.165) is 23.8 Å². The molecule has 2 amide bonds. The van der Waals surface area contributed by atoms with E-state index in [1.54, 1.807) is 24.2 Å². The van der Waals surface area contributed by atoms with Crippen molar-refractivity contribution in [2.24, 2.45) is 23.2 Å². The Morgan fingerprint density at radius 2 is 2.06 bits per heavy atom. The van der Waals surface area contributed by atoms with E-state index in [2.05, 4.69) is 27.9 Å². The SMILES string of the molecule is COc1ccccc1CCC(=O)Nc1cnn(CC(=O)NC[C@@H]2C[C@@H]3C=C[C@@H]2C32CC2)c1. The molecule has 2 N–H and O–H groups in total. The highest BCUT2D eigenvalue weighted by Gasteiger charge is 2.62. The molecule has 1 aromatic carbocycles. The molecule has 7 nitrogen and oxygen atoms in total. The molecule has 7 heteroatoms. The fourth-order valence-electron chi connectivity index (χ4n) is 5.70. The fraction of sp³-hybridized carbons (Fsp3) is 0.480. The highest BCUT2D eigenvalue weighted by atomic mass is 16.5. The molecular weight excluding hydrogens is 404 g/mol. The monoisotopic (exact) mass is 434 g/mol. The highest BCUT2D eigenvalue weighted by Crippen LogP contribution is 2.69. The molecule has 3 aliphatic carbocycles. The first-order chi connectivity index (χ1) is 15.6. The molecular formula is C25H30N4O3. The lowest BCUT2D eigenvalue weighted by molar-refractivity contribution is -0.122.